The first-order chi connectivity index (χ1) is 13.2. The SMILES string of the molecule is COc1ccc(O[C@@H](C)C(=O)N(C)CC(=O)Nc2ccc(F)c(F)c2F)cc1. The van der Waals surface area contributed by atoms with Crippen LogP contribution in [-0.2, 0) is 9.59 Å². The number of anilines is 1. The molecule has 6 nitrogen and oxygen atoms in total. The Kier molecular flexibility index (Phi) is 6.86. The second kappa shape index (κ2) is 9.12. The monoisotopic (exact) mass is 396 g/mol. The maximum atomic E-state index is 13.6. The maximum absolute atomic E-state index is 13.6. The zero-order valence-electron chi connectivity index (χ0n) is 15.5. The Labute approximate surface area is 159 Å². The van der Waals surface area contributed by atoms with Gasteiger partial charge >= 0.3 is 0 Å². The number of hydrogen-bond acceptors (Lipinski definition) is 4. The molecule has 0 fully saturated rings. The molecule has 0 saturated carbocycles. The van der Waals surface area contributed by atoms with Gasteiger partial charge in [0, 0.05) is 7.05 Å². The molecule has 1 atom stereocenters. The average Bonchev–Trinajstić information content (AvgIpc) is 2.68. The highest BCUT2D eigenvalue weighted by Gasteiger charge is 2.22. The van der Waals surface area contributed by atoms with Gasteiger partial charge in [-0.25, -0.2) is 13.2 Å². The number of ether oxygens (including phenoxy) is 2. The van der Waals surface area contributed by atoms with Gasteiger partial charge in [0.15, 0.2) is 23.6 Å². The molecule has 1 N–H and O–H groups in total. The maximum Gasteiger partial charge on any atom is 0.263 e. The normalized spacial score (nSPS) is 11.5. The molecule has 0 saturated heterocycles. The first-order valence-electron chi connectivity index (χ1n) is 8.22. The molecule has 2 aromatic rings. The third-order valence-electron chi connectivity index (χ3n) is 3.79. The summed E-state index contributed by atoms with van der Waals surface area (Å²) in [5.74, 6) is -4.79. The van der Waals surface area contributed by atoms with Gasteiger partial charge in [0.1, 0.15) is 11.5 Å². The number of methoxy groups -OCH3 is 1. The fourth-order valence-electron chi connectivity index (χ4n) is 2.32. The number of rotatable bonds is 7. The molecular formula is C19H19F3N2O4. The van der Waals surface area contributed by atoms with Crippen molar-refractivity contribution in [3.05, 3.63) is 53.8 Å². The second-order valence-corrected chi connectivity index (χ2v) is 5.90. The van der Waals surface area contributed by atoms with Gasteiger partial charge in [0.05, 0.1) is 19.3 Å². The molecule has 0 heterocycles. The van der Waals surface area contributed by atoms with E-state index in [4.69, 9.17) is 9.47 Å². The highest BCUT2D eigenvalue weighted by molar-refractivity contribution is 5.95. The van der Waals surface area contributed by atoms with Crippen LogP contribution in [0.3, 0.4) is 0 Å². The molecule has 28 heavy (non-hydrogen) atoms. The molecule has 9 heteroatoms. The third kappa shape index (κ3) is 5.15. The molecule has 0 bridgehead atoms. The molecule has 0 aliphatic rings. The number of benzene rings is 2. The van der Waals surface area contributed by atoms with Gasteiger partial charge in [-0.3, -0.25) is 9.59 Å². The Morgan fingerprint density at radius 2 is 1.64 bits per heavy atom. The van der Waals surface area contributed by atoms with Gasteiger partial charge in [0.25, 0.3) is 5.91 Å². The lowest BCUT2D eigenvalue weighted by molar-refractivity contribution is -0.139. The quantitative estimate of drug-likeness (QED) is 0.731. The van der Waals surface area contributed by atoms with E-state index in [0.29, 0.717) is 17.6 Å². The van der Waals surface area contributed by atoms with Crippen molar-refractivity contribution in [3.8, 4) is 11.5 Å². The number of hydrogen-bond donors (Lipinski definition) is 1. The minimum Gasteiger partial charge on any atom is -0.497 e. The smallest absolute Gasteiger partial charge is 0.263 e. The van der Waals surface area contributed by atoms with Gasteiger partial charge in [-0.15, -0.1) is 0 Å². The predicted octanol–water partition coefficient (Wildman–Crippen LogP) is 2.98. The Hall–Kier alpha value is -3.23. The van der Waals surface area contributed by atoms with Gasteiger partial charge in [-0.1, -0.05) is 0 Å². The molecular weight excluding hydrogens is 377 g/mol. The largest absolute Gasteiger partial charge is 0.497 e. The molecule has 0 radical (unpaired) electrons. The lowest BCUT2D eigenvalue weighted by atomic mass is 10.2. The molecule has 150 valence electrons. The first-order valence-corrected chi connectivity index (χ1v) is 8.22. The van der Waals surface area contributed by atoms with Gasteiger partial charge in [0.2, 0.25) is 5.91 Å². The van der Waals surface area contributed by atoms with E-state index in [1.54, 1.807) is 24.3 Å². The fourth-order valence-corrected chi connectivity index (χ4v) is 2.32. The lowest BCUT2D eigenvalue weighted by Gasteiger charge is -2.22. The summed E-state index contributed by atoms with van der Waals surface area (Å²) in [6.07, 6.45) is -0.897. The molecule has 2 aromatic carbocycles. The van der Waals surface area contributed by atoms with Gasteiger partial charge in [-0.2, -0.15) is 0 Å². The van der Waals surface area contributed by atoms with Crippen LogP contribution in [-0.4, -0.2) is 43.5 Å². The summed E-state index contributed by atoms with van der Waals surface area (Å²) in [6, 6.07) is 8.17. The number of likely N-dealkylation sites (N-methyl/N-ethyl adjacent to an activating group) is 1. The topological polar surface area (TPSA) is 67.9 Å². The van der Waals surface area contributed by atoms with E-state index in [9.17, 15) is 22.8 Å². The average molecular weight is 396 g/mol. The van der Waals surface area contributed by atoms with Crippen LogP contribution in [0.1, 0.15) is 6.92 Å². The van der Waals surface area contributed by atoms with Crippen molar-refractivity contribution < 1.29 is 32.2 Å². The van der Waals surface area contributed by atoms with E-state index in [0.717, 1.165) is 11.0 Å². The highest BCUT2D eigenvalue weighted by Crippen LogP contribution is 2.20. The molecule has 0 aliphatic carbocycles. The summed E-state index contributed by atoms with van der Waals surface area (Å²) >= 11 is 0. The van der Waals surface area contributed by atoms with Crippen molar-refractivity contribution in [2.24, 2.45) is 0 Å². The number of nitrogens with one attached hydrogen (secondary N) is 1. The van der Waals surface area contributed by atoms with E-state index in [2.05, 4.69) is 5.32 Å². The number of halogens is 3. The minimum atomic E-state index is -1.69. The molecule has 0 aliphatic heterocycles. The summed E-state index contributed by atoms with van der Waals surface area (Å²) in [5, 5.41) is 2.10. The zero-order chi connectivity index (χ0) is 20.8. The highest BCUT2D eigenvalue weighted by atomic mass is 19.2. The van der Waals surface area contributed by atoms with Crippen molar-refractivity contribution in [2.45, 2.75) is 13.0 Å². The summed E-state index contributed by atoms with van der Waals surface area (Å²) in [5.41, 5.74) is -0.521. The third-order valence-corrected chi connectivity index (χ3v) is 3.79. The van der Waals surface area contributed by atoms with Crippen LogP contribution < -0.4 is 14.8 Å². The standard InChI is InChI=1S/C19H19F3N2O4/c1-11(28-13-6-4-12(27-3)5-7-13)19(26)24(2)10-16(25)23-15-9-8-14(20)17(21)18(15)22/h4-9,11H,10H2,1-3H3,(H,23,25)/t11-/m0/s1. The van der Waals surface area contributed by atoms with E-state index >= 15 is 0 Å². The van der Waals surface area contributed by atoms with Crippen molar-refractivity contribution >= 4 is 17.5 Å². The molecule has 0 unspecified atom stereocenters. The van der Waals surface area contributed by atoms with Gasteiger partial charge < -0.3 is 19.7 Å². The zero-order valence-corrected chi connectivity index (χ0v) is 15.5. The van der Waals surface area contributed by atoms with Crippen LogP contribution in [0.15, 0.2) is 36.4 Å². The Bertz CT molecular complexity index is 859. The molecule has 0 spiro atoms. The van der Waals surface area contributed by atoms with Crippen LogP contribution in [0.25, 0.3) is 0 Å². The second-order valence-electron chi connectivity index (χ2n) is 5.90. The molecule has 2 rings (SSSR count). The van der Waals surface area contributed by atoms with Crippen molar-refractivity contribution in [2.75, 3.05) is 26.0 Å². The van der Waals surface area contributed by atoms with Crippen LogP contribution in [0.4, 0.5) is 18.9 Å². The Balaban J connectivity index is 1.93. The number of carbonyl (C=O) groups is 2. The van der Waals surface area contributed by atoms with E-state index in [1.807, 2.05) is 0 Å². The Morgan fingerprint density at radius 3 is 2.25 bits per heavy atom. The number of amides is 2. The van der Waals surface area contributed by atoms with E-state index in [-0.39, 0.29) is 0 Å². The summed E-state index contributed by atoms with van der Waals surface area (Å²) in [6.45, 7) is 1.07. The van der Waals surface area contributed by atoms with Crippen LogP contribution in [0, 0.1) is 17.5 Å². The Morgan fingerprint density at radius 1 is 1.04 bits per heavy atom. The van der Waals surface area contributed by atoms with Crippen LogP contribution in [0.2, 0.25) is 0 Å². The van der Waals surface area contributed by atoms with E-state index < -0.39 is 47.6 Å². The summed E-state index contributed by atoms with van der Waals surface area (Å²) in [7, 11) is 2.88. The van der Waals surface area contributed by atoms with Crippen molar-refractivity contribution in [1.82, 2.24) is 4.90 Å². The van der Waals surface area contributed by atoms with Crippen molar-refractivity contribution in [3.63, 3.8) is 0 Å². The number of carbonyl (C=O) groups excluding carboxylic acids is 2. The molecule has 0 aromatic heterocycles. The lowest BCUT2D eigenvalue weighted by Crippen LogP contribution is -2.42. The van der Waals surface area contributed by atoms with Crippen LogP contribution >= 0.6 is 0 Å². The van der Waals surface area contributed by atoms with Crippen LogP contribution in [0.5, 0.6) is 11.5 Å². The fraction of sp³-hybridized carbons (Fsp3) is 0.263. The predicted molar refractivity (Wildman–Crippen MR) is 95.7 cm³/mol. The van der Waals surface area contributed by atoms with E-state index in [1.165, 1.54) is 21.1 Å². The van der Waals surface area contributed by atoms with Crippen molar-refractivity contribution in [1.29, 1.82) is 0 Å². The molecule has 2 amide bonds. The summed E-state index contributed by atoms with van der Waals surface area (Å²) in [4.78, 5) is 25.4. The number of nitrogens with zero attached hydrogens (tertiary/aromatic N) is 1. The minimum absolute atomic E-state index is 0.434. The summed E-state index contributed by atoms with van der Waals surface area (Å²) < 4.78 is 50.3. The first kappa shape index (κ1) is 21.1. The van der Waals surface area contributed by atoms with Gasteiger partial charge in [-0.05, 0) is 43.3 Å².